The Bertz CT molecular complexity index is 1390. The van der Waals surface area contributed by atoms with Crippen molar-refractivity contribution < 1.29 is 9.21 Å². The van der Waals surface area contributed by atoms with Crippen LogP contribution in [-0.2, 0) is 24.2 Å². The Morgan fingerprint density at radius 1 is 1.09 bits per heavy atom. The summed E-state index contributed by atoms with van der Waals surface area (Å²) < 4.78 is 5.86. The van der Waals surface area contributed by atoms with Crippen molar-refractivity contribution in [1.29, 1.82) is 0 Å². The number of rotatable bonds is 4. The van der Waals surface area contributed by atoms with E-state index in [0.29, 0.717) is 10.9 Å². The van der Waals surface area contributed by atoms with E-state index in [-0.39, 0.29) is 18.2 Å². The van der Waals surface area contributed by atoms with Gasteiger partial charge in [0.05, 0.1) is 11.4 Å². The number of aromatic nitrogens is 3. The molecule has 0 bridgehead atoms. The van der Waals surface area contributed by atoms with E-state index in [0.717, 1.165) is 47.6 Å². The maximum Gasteiger partial charge on any atom is 0.317 e. The lowest BCUT2D eigenvalue weighted by Crippen LogP contribution is -2.29. The van der Waals surface area contributed by atoms with Gasteiger partial charge in [0, 0.05) is 41.9 Å². The molecule has 2 aromatic heterocycles. The molecule has 0 saturated carbocycles. The van der Waals surface area contributed by atoms with Crippen LogP contribution in [0.5, 0.6) is 0 Å². The van der Waals surface area contributed by atoms with Crippen molar-refractivity contribution in [1.82, 2.24) is 20.1 Å². The molecule has 2 aromatic carbocycles. The molecule has 8 nitrogen and oxygen atoms in total. The average Bonchev–Trinajstić information content (AvgIpc) is 3.46. The quantitative estimate of drug-likeness (QED) is 0.487. The number of nitrogens with zero attached hydrogens (tertiary/aromatic N) is 5. The van der Waals surface area contributed by atoms with E-state index in [1.54, 1.807) is 11.3 Å². The van der Waals surface area contributed by atoms with Crippen molar-refractivity contribution in [3.63, 3.8) is 0 Å². The number of Topliss-reactive ketones (excluding diaryl/α,β-unsaturated/α-hetero) is 1. The van der Waals surface area contributed by atoms with Crippen LogP contribution in [0, 0.1) is 0 Å². The Morgan fingerprint density at radius 3 is 2.79 bits per heavy atom. The summed E-state index contributed by atoms with van der Waals surface area (Å²) in [5.41, 5.74) is 4.71. The Balaban J connectivity index is 1.31. The normalized spacial score (nSPS) is 18.1. The summed E-state index contributed by atoms with van der Waals surface area (Å²) in [6, 6.07) is 17.9. The van der Waals surface area contributed by atoms with Crippen LogP contribution < -0.4 is 5.32 Å². The number of nitrogens with one attached hydrogen (secondary N) is 1. The largest absolute Gasteiger partial charge is 0.401 e. The Hall–Kier alpha value is -3.69. The van der Waals surface area contributed by atoms with Gasteiger partial charge in [-0.15, -0.1) is 16.4 Å². The van der Waals surface area contributed by atoms with E-state index in [1.165, 1.54) is 4.88 Å². The zero-order valence-electron chi connectivity index (χ0n) is 18.6. The molecule has 170 valence electrons. The van der Waals surface area contributed by atoms with Crippen LogP contribution in [0.2, 0.25) is 0 Å². The number of aliphatic imine (C=N–C) groups is 1. The zero-order chi connectivity index (χ0) is 23.1. The third-order valence-corrected chi connectivity index (χ3v) is 7.11. The first-order valence-corrected chi connectivity index (χ1v) is 12.0. The number of likely N-dealkylation sites (N-methyl/N-ethyl adjacent to an activating group) is 1. The number of carbonyl (C=O) groups is 1. The lowest BCUT2D eigenvalue weighted by Gasteiger charge is -2.20. The minimum atomic E-state index is -0.839. The lowest BCUT2D eigenvalue weighted by atomic mass is 9.96. The van der Waals surface area contributed by atoms with Crippen molar-refractivity contribution in [2.24, 2.45) is 4.99 Å². The summed E-state index contributed by atoms with van der Waals surface area (Å²) in [4.78, 5) is 26.1. The first kappa shape index (κ1) is 20.9. The van der Waals surface area contributed by atoms with Gasteiger partial charge in [-0.2, -0.15) is 0 Å². The molecular formula is C25H22N6O2S. The minimum absolute atomic E-state index is 0.0640. The van der Waals surface area contributed by atoms with E-state index >= 15 is 0 Å². The maximum absolute atomic E-state index is 13.1. The van der Waals surface area contributed by atoms with Crippen molar-refractivity contribution in [3.8, 4) is 10.9 Å². The van der Waals surface area contributed by atoms with Gasteiger partial charge in [0.2, 0.25) is 0 Å². The van der Waals surface area contributed by atoms with Crippen LogP contribution in [-0.4, -0.2) is 51.3 Å². The summed E-state index contributed by atoms with van der Waals surface area (Å²) in [6.45, 7) is 1.86. The van der Waals surface area contributed by atoms with Gasteiger partial charge in [-0.25, -0.2) is 4.98 Å². The fourth-order valence-corrected chi connectivity index (χ4v) is 5.41. The van der Waals surface area contributed by atoms with Crippen molar-refractivity contribution >= 4 is 28.8 Å². The fourth-order valence-electron chi connectivity index (χ4n) is 4.30. The highest BCUT2D eigenvalue weighted by molar-refractivity contribution is 7.15. The van der Waals surface area contributed by atoms with Gasteiger partial charge in [0.1, 0.15) is 0 Å². The van der Waals surface area contributed by atoms with E-state index < -0.39 is 6.17 Å². The standard InChI is InChI=1S/C25H22N6O2S/c1-31-12-11-18-20(14-31)34-24(26-18)23-29-30-25(33-23)28-22-19(32)13-16-9-5-6-10-17(16)21(27-22)15-7-3-2-4-8-15/h2-10,22H,11-14H2,1H3,(H,28,30). The molecule has 2 aliphatic heterocycles. The number of hydrogen-bond donors (Lipinski definition) is 1. The average molecular weight is 471 g/mol. The van der Waals surface area contributed by atoms with Gasteiger partial charge >= 0.3 is 6.01 Å². The van der Waals surface area contributed by atoms with Crippen molar-refractivity contribution in [2.75, 3.05) is 18.9 Å². The first-order chi connectivity index (χ1) is 16.6. The highest BCUT2D eigenvalue weighted by Gasteiger charge is 2.28. The molecule has 0 amide bonds. The molecule has 2 aliphatic rings. The Morgan fingerprint density at radius 2 is 1.91 bits per heavy atom. The number of hydrogen-bond acceptors (Lipinski definition) is 9. The van der Waals surface area contributed by atoms with Gasteiger partial charge in [-0.05, 0) is 12.6 Å². The number of anilines is 1. The van der Waals surface area contributed by atoms with Crippen LogP contribution >= 0.6 is 11.3 Å². The summed E-state index contributed by atoms with van der Waals surface area (Å²) in [5, 5.41) is 12.1. The Kier molecular flexibility index (Phi) is 5.27. The van der Waals surface area contributed by atoms with Crippen LogP contribution in [0.15, 0.2) is 64.0 Å². The van der Waals surface area contributed by atoms with E-state index in [4.69, 9.17) is 14.4 Å². The summed E-state index contributed by atoms with van der Waals surface area (Å²) >= 11 is 1.57. The van der Waals surface area contributed by atoms with Crippen LogP contribution in [0.4, 0.5) is 6.01 Å². The highest BCUT2D eigenvalue weighted by Crippen LogP contribution is 2.31. The molecule has 9 heteroatoms. The highest BCUT2D eigenvalue weighted by atomic mass is 32.1. The van der Waals surface area contributed by atoms with E-state index in [1.807, 2.05) is 54.6 Å². The zero-order valence-corrected chi connectivity index (χ0v) is 19.4. The molecule has 0 saturated heterocycles. The van der Waals surface area contributed by atoms with Gasteiger partial charge < -0.3 is 14.6 Å². The minimum Gasteiger partial charge on any atom is -0.401 e. The SMILES string of the molecule is CN1CCc2nc(-c3nnc(NC4N=C(c5ccccc5)c5ccccc5CC4=O)o3)sc2C1. The molecule has 4 heterocycles. The third-order valence-electron chi connectivity index (χ3n) is 6.04. The van der Waals surface area contributed by atoms with Gasteiger partial charge in [-0.1, -0.05) is 59.7 Å². The molecule has 4 aromatic rings. The van der Waals surface area contributed by atoms with Crippen LogP contribution in [0.25, 0.3) is 10.9 Å². The van der Waals surface area contributed by atoms with Crippen LogP contribution in [0.1, 0.15) is 27.3 Å². The summed E-state index contributed by atoms with van der Waals surface area (Å²) in [6.07, 6.45) is 0.339. The lowest BCUT2D eigenvalue weighted by molar-refractivity contribution is -0.119. The number of benzene rings is 2. The fraction of sp³-hybridized carbons (Fsp3) is 0.240. The molecule has 1 atom stereocenters. The Labute approximate surface area is 200 Å². The van der Waals surface area contributed by atoms with Crippen molar-refractivity contribution in [2.45, 2.75) is 25.6 Å². The number of carbonyl (C=O) groups excluding carboxylic acids is 1. The summed E-state index contributed by atoms with van der Waals surface area (Å²) in [5.74, 6) is 0.284. The number of thiazole rings is 1. The monoisotopic (exact) mass is 470 g/mol. The van der Waals surface area contributed by atoms with E-state index in [2.05, 4.69) is 27.5 Å². The molecule has 0 radical (unpaired) electrons. The second kappa shape index (κ2) is 8.58. The van der Waals surface area contributed by atoms with Crippen molar-refractivity contribution in [3.05, 3.63) is 81.9 Å². The molecule has 0 spiro atoms. The van der Waals surface area contributed by atoms with Gasteiger partial charge in [0.25, 0.3) is 5.89 Å². The molecule has 0 fully saturated rings. The van der Waals surface area contributed by atoms with Gasteiger partial charge in [0.15, 0.2) is 17.0 Å². The topological polar surface area (TPSA) is 96.5 Å². The molecular weight excluding hydrogens is 448 g/mol. The van der Waals surface area contributed by atoms with Crippen LogP contribution in [0.3, 0.4) is 0 Å². The second-order valence-electron chi connectivity index (χ2n) is 8.48. The molecule has 1 unspecified atom stereocenters. The number of fused-ring (bicyclic) bond motifs is 2. The maximum atomic E-state index is 13.1. The number of ketones is 1. The predicted molar refractivity (Wildman–Crippen MR) is 130 cm³/mol. The second-order valence-corrected chi connectivity index (χ2v) is 9.56. The first-order valence-electron chi connectivity index (χ1n) is 11.2. The summed E-state index contributed by atoms with van der Waals surface area (Å²) in [7, 11) is 2.10. The van der Waals surface area contributed by atoms with E-state index in [9.17, 15) is 4.79 Å². The molecule has 1 N–H and O–H groups in total. The molecule has 6 rings (SSSR count). The molecule has 0 aliphatic carbocycles. The van der Waals surface area contributed by atoms with Gasteiger partial charge in [-0.3, -0.25) is 9.79 Å². The smallest absolute Gasteiger partial charge is 0.317 e. The third kappa shape index (κ3) is 3.93. The predicted octanol–water partition coefficient (Wildman–Crippen LogP) is 3.58. The molecule has 34 heavy (non-hydrogen) atoms.